The summed E-state index contributed by atoms with van der Waals surface area (Å²) >= 11 is 0. The van der Waals surface area contributed by atoms with Crippen molar-refractivity contribution in [2.45, 2.75) is 11.5 Å². The van der Waals surface area contributed by atoms with E-state index in [4.69, 9.17) is 4.74 Å². The van der Waals surface area contributed by atoms with E-state index < -0.39 is 21.9 Å². The fraction of sp³-hybridized carbons (Fsp3) is 0.0833. The molecule has 0 aromatic heterocycles. The van der Waals surface area contributed by atoms with E-state index in [9.17, 15) is 23.1 Å². The van der Waals surface area contributed by atoms with Crippen molar-refractivity contribution in [3.8, 4) is 5.75 Å². The molecule has 3 aromatic carbocycles. The average Bonchev–Trinajstić information content (AvgIpc) is 2.90. The van der Waals surface area contributed by atoms with E-state index in [2.05, 4.69) is 0 Å². The molecule has 2 aliphatic rings. The number of amides is 1. The van der Waals surface area contributed by atoms with Crippen molar-refractivity contribution < 1.29 is 27.9 Å². The first-order valence-corrected chi connectivity index (χ1v) is 11.3. The molecule has 0 spiro atoms. The zero-order chi connectivity index (χ0) is 22.5. The number of sulfonamides is 1. The van der Waals surface area contributed by atoms with Gasteiger partial charge in [-0.1, -0.05) is 42.5 Å². The van der Waals surface area contributed by atoms with Gasteiger partial charge in [-0.25, -0.2) is 17.5 Å². The summed E-state index contributed by atoms with van der Waals surface area (Å²) in [5.41, 5.74) is 3.01. The summed E-state index contributed by atoms with van der Waals surface area (Å²) in [6, 6.07) is 18.1. The van der Waals surface area contributed by atoms with Gasteiger partial charge in [-0.3, -0.25) is 4.79 Å². The van der Waals surface area contributed by atoms with Crippen LogP contribution < -0.4 is 4.74 Å². The van der Waals surface area contributed by atoms with Crippen LogP contribution in [0.4, 0.5) is 0 Å². The molecular formula is C24H17NO6S. The number of fused-ring (bicyclic) bond motifs is 3. The Morgan fingerprint density at radius 2 is 1.72 bits per heavy atom. The third kappa shape index (κ3) is 3.07. The number of benzene rings is 3. The molecule has 1 amide bonds. The summed E-state index contributed by atoms with van der Waals surface area (Å²) in [5, 5.41) is 9.45. The molecule has 0 unspecified atom stereocenters. The number of hydrogen-bond donors (Lipinski definition) is 1. The van der Waals surface area contributed by atoms with E-state index in [-0.39, 0.29) is 29.2 Å². The van der Waals surface area contributed by atoms with Crippen LogP contribution in [0.5, 0.6) is 5.75 Å². The molecule has 0 aliphatic carbocycles. The van der Waals surface area contributed by atoms with E-state index in [1.54, 1.807) is 24.3 Å². The molecule has 2 heterocycles. The highest BCUT2D eigenvalue weighted by Gasteiger charge is 2.40. The second kappa shape index (κ2) is 7.35. The molecule has 7 nitrogen and oxygen atoms in total. The lowest BCUT2D eigenvalue weighted by Gasteiger charge is -2.16. The second-order valence-electron chi connectivity index (χ2n) is 7.42. The molecule has 3 aromatic rings. The van der Waals surface area contributed by atoms with Gasteiger partial charge in [0.05, 0.1) is 17.7 Å². The van der Waals surface area contributed by atoms with Crippen LogP contribution in [0, 0.1) is 0 Å². The van der Waals surface area contributed by atoms with Gasteiger partial charge in [0.15, 0.2) is 0 Å². The number of carboxylic acid groups (broad SMARTS) is 1. The topological polar surface area (TPSA) is 101 Å². The summed E-state index contributed by atoms with van der Waals surface area (Å²) in [6.45, 7) is 0.0789. The molecule has 0 radical (unpaired) electrons. The largest absolute Gasteiger partial charge is 0.488 e. The van der Waals surface area contributed by atoms with Crippen LogP contribution in [-0.2, 0) is 16.6 Å². The number of carboxylic acids is 1. The Balaban J connectivity index is 1.64. The van der Waals surface area contributed by atoms with E-state index in [0.29, 0.717) is 16.9 Å². The SMILES string of the molecule is O=C(O)c1ccc2c(c1)C(=CCN1C(=O)c3ccccc3S1(=O)=O)c1ccccc1CO2. The second-order valence-corrected chi connectivity index (χ2v) is 9.25. The summed E-state index contributed by atoms with van der Waals surface area (Å²) < 4.78 is 32.6. The van der Waals surface area contributed by atoms with Crippen LogP contribution in [0.3, 0.4) is 0 Å². The van der Waals surface area contributed by atoms with Crippen molar-refractivity contribution in [2.24, 2.45) is 0 Å². The fourth-order valence-electron chi connectivity index (χ4n) is 4.01. The molecule has 0 bridgehead atoms. The lowest BCUT2D eigenvalue weighted by Crippen LogP contribution is -2.30. The van der Waals surface area contributed by atoms with Crippen LogP contribution in [-0.4, -0.2) is 36.3 Å². The van der Waals surface area contributed by atoms with Crippen molar-refractivity contribution in [2.75, 3.05) is 6.54 Å². The highest BCUT2D eigenvalue weighted by Crippen LogP contribution is 2.38. The maximum absolute atomic E-state index is 12.9. The Labute approximate surface area is 184 Å². The number of aromatic carboxylic acids is 1. The van der Waals surface area contributed by atoms with Gasteiger partial charge in [0, 0.05) is 5.56 Å². The highest BCUT2D eigenvalue weighted by atomic mass is 32.2. The summed E-state index contributed by atoms with van der Waals surface area (Å²) in [6.07, 6.45) is 1.64. The van der Waals surface area contributed by atoms with Crippen molar-refractivity contribution in [3.63, 3.8) is 0 Å². The molecule has 2 aliphatic heterocycles. The molecule has 0 saturated carbocycles. The first kappa shape index (κ1) is 20.0. The summed E-state index contributed by atoms with van der Waals surface area (Å²) in [4.78, 5) is 24.3. The molecule has 1 N–H and O–H groups in total. The predicted molar refractivity (Wildman–Crippen MR) is 116 cm³/mol. The maximum Gasteiger partial charge on any atom is 0.335 e. The monoisotopic (exact) mass is 447 g/mol. The van der Waals surface area contributed by atoms with Gasteiger partial charge in [0.2, 0.25) is 0 Å². The van der Waals surface area contributed by atoms with Crippen molar-refractivity contribution in [1.82, 2.24) is 4.31 Å². The van der Waals surface area contributed by atoms with Gasteiger partial charge in [0.25, 0.3) is 15.9 Å². The predicted octanol–water partition coefficient (Wildman–Crippen LogP) is 3.55. The number of hydrogen-bond acceptors (Lipinski definition) is 5. The smallest absolute Gasteiger partial charge is 0.335 e. The molecule has 8 heteroatoms. The molecule has 0 atom stereocenters. The van der Waals surface area contributed by atoms with Crippen molar-refractivity contribution >= 4 is 27.5 Å². The Kier molecular flexibility index (Phi) is 4.60. The number of nitrogens with zero attached hydrogens (tertiary/aromatic N) is 1. The van der Waals surface area contributed by atoms with Crippen LogP contribution >= 0.6 is 0 Å². The Hall–Kier alpha value is -3.91. The van der Waals surface area contributed by atoms with E-state index in [1.165, 1.54) is 24.3 Å². The lowest BCUT2D eigenvalue weighted by atomic mass is 9.93. The minimum absolute atomic E-state index is 0.0124. The van der Waals surface area contributed by atoms with Gasteiger partial charge in [-0.15, -0.1) is 0 Å². The minimum atomic E-state index is -3.97. The van der Waals surface area contributed by atoms with E-state index in [0.717, 1.165) is 15.4 Å². The molecule has 32 heavy (non-hydrogen) atoms. The Bertz CT molecular complexity index is 1420. The first-order valence-electron chi connectivity index (χ1n) is 9.83. The minimum Gasteiger partial charge on any atom is -0.488 e. The van der Waals surface area contributed by atoms with E-state index in [1.807, 2.05) is 24.3 Å². The molecular weight excluding hydrogens is 430 g/mol. The first-order chi connectivity index (χ1) is 15.4. The van der Waals surface area contributed by atoms with Crippen LogP contribution in [0.25, 0.3) is 5.57 Å². The number of rotatable bonds is 3. The number of carbonyl (C=O) groups is 2. The van der Waals surface area contributed by atoms with Gasteiger partial charge in [0.1, 0.15) is 17.3 Å². The summed E-state index contributed by atoms with van der Waals surface area (Å²) in [7, 11) is -3.97. The zero-order valence-electron chi connectivity index (χ0n) is 16.7. The van der Waals surface area contributed by atoms with Crippen molar-refractivity contribution in [3.05, 3.63) is 101 Å². The number of carbonyl (C=O) groups excluding carboxylic acids is 1. The molecule has 0 saturated heterocycles. The Morgan fingerprint density at radius 1 is 1.00 bits per heavy atom. The molecule has 0 fully saturated rings. The normalized spacial score (nSPS) is 17.2. The third-order valence-electron chi connectivity index (χ3n) is 5.58. The fourth-order valence-corrected chi connectivity index (χ4v) is 5.52. The van der Waals surface area contributed by atoms with Gasteiger partial charge in [-0.2, -0.15) is 0 Å². The summed E-state index contributed by atoms with van der Waals surface area (Å²) in [5.74, 6) is -1.19. The van der Waals surface area contributed by atoms with Crippen molar-refractivity contribution in [1.29, 1.82) is 0 Å². The third-order valence-corrected chi connectivity index (χ3v) is 7.39. The standard InChI is InChI=1S/C24H17NO6S/c26-23-19-7-3-4-8-22(19)32(29,30)25(23)12-11-18-17-6-2-1-5-16(17)14-31-21-10-9-15(24(27)28)13-20(18)21/h1-11,13H,12,14H2,(H,27,28). The lowest BCUT2D eigenvalue weighted by molar-refractivity contribution is 0.0696. The van der Waals surface area contributed by atoms with Gasteiger partial charge in [-0.05, 0) is 47.0 Å². The highest BCUT2D eigenvalue weighted by molar-refractivity contribution is 7.90. The maximum atomic E-state index is 12.9. The van der Waals surface area contributed by atoms with Gasteiger partial charge >= 0.3 is 5.97 Å². The zero-order valence-corrected chi connectivity index (χ0v) is 17.5. The molecule has 160 valence electrons. The van der Waals surface area contributed by atoms with E-state index >= 15 is 0 Å². The average molecular weight is 447 g/mol. The Morgan fingerprint density at radius 3 is 2.47 bits per heavy atom. The van der Waals surface area contributed by atoms with Gasteiger partial charge < -0.3 is 9.84 Å². The quantitative estimate of drug-likeness (QED) is 0.659. The van der Waals surface area contributed by atoms with Crippen LogP contribution in [0.15, 0.2) is 77.7 Å². The number of ether oxygens (including phenoxy) is 1. The van der Waals surface area contributed by atoms with Crippen LogP contribution in [0.1, 0.15) is 37.4 Å². The van der Waals surface area contributed by atoms with Crippen LogP contribution in [0.2, 0.25) is 0 Å². The molecule has 5 rings (SSSR count).